The molecule has 4 fully saturated rings. The SMILES string of the molecule is CC(=O)O[C@H](CCC(C)C)[C@@H](C)[C@H]1CC[C@H]2[C@@H]3C[C@H](OS(=O)(=O)O)[C@H]4C[C@@H](OS(=O)(=O)O)CC[C@]4(C)[C@H]3CC[C@]12C. The van der Waals surface area contributed by atoms with E-state index in [0.717, 1.165) is 38.5 Å². The van der Waals surface area contributed by atoms with Crippen LogP contribution >= 0.6 is 0 Å². The third-order valence-electron chi connectivity index (χ3n) is 11.7. The van der Waals surface area contributed by atoms with Gasteiger partial charge in [0.2, 0.25) is 0 Å². The van der Waals surface area contributed by atoms with E-state index < -0.39 is 33.0 Å². The number of esters is 1. The molecule has 0 amide bonds. The molecular formula is C29H50O10S2. The van der Waals surface area contributed by atoms with E-state index in [9.17, 15) is 30.7 Å². The lowest BCUT2D eigenvalue weighted by Gasteiger charge is -2.62. The van der Waals surface area contributed by atoms with Crippen LogP contribution in [0.25, 0.3) is 0 Å². The molecular weight excluding hydrogens is 572 g/mol. The fraction of sp³-hybridized carbons (Fsp3) is 0.966. The Morgan fingerprint density at radius 1 is 0.829 bits per heavy atom. The highest BCUT2D eigenvalue weighted by atomic mass is 32.3. The van der Waals surface area contributed by atoms with Crippen molar-refractivity contribution in [3.8, 4) is 0 Å². The molecule has 0 saturated heterocycles. The van der Waals surface area contributed by atoms with Gasteiger partial charge in [-0.25, -0.2) is 8.37 Å². The Morgan fingerprint density at radius 2 is 1.44 bits per heavy atom. The van der Waals surface area contributed by atoms with E-state index in [2.05, 4.69) is 34.6 Å². The Balaban J connectivity index is 1.61. The lowest BCUT2D eigenvalue weighted by atomic mass is 9.43. The van der Waals surface area contributed by atoms with Crippen molar-refractivity contribution in [2.45, 2.75) is 124 Å². The Kier molecular flexibility index (Phi) is 9.65. The molecule has 4 saturated carbocycles. The third-order valence-corrected chi connectivity index (χ3v) is 12.8. The van der Waals surface area contributed by atoms with Crippen LogP contribution in [0.4, 0.5) is 0 Å². The van der Waals surface area contributed by atoms with Crippen LogP contribution < -0.4 is 0 Å². The summed E-state index contributed by atoms with van der Waals surface area (Å²) in [5.74, 6) is 1.25. The van der Waals surface area contributed by atoms with Gasteiger partial charge in [0.15, 0.2) is 0 Å². The van der Waals surface area contributed by atoms with E-state index in [1.54, 1.807) is 0 Å². The van der Waals surface area contributed by atoms with Crippen molar-refractivity contribution in [1.29, 1.82) is 0 Å². The van der Waals surface area contributed by atoms with E-state index >= 15 is 0 Å². The topological polar surface area (TPSA) is 154 Å². The molecule has 0 aromatic heterocycles. The van der Waals surface area contributed by atoms with E-state index in [-0.39, 0.29) is 53.0 Å². The summed E-state index contributed by atoms with van der Waals surface area (Å²) in [6.45, 7) is 12.6. The molecule has 0 radical (unpaired) electrons. The van der Waals surface area contributed by atoms with Crippen LogP contribution in [0.2, 0.25) is 0 Å². The van der Waals surface area contributed by atoms with Gasteiger partial charge in [-0.2, -0.15) is 16.8 Å². The number of ether oxygens (including phenoxy) is 1. The summed E-state index contributed by atoms with van der Waals surface area (Å²) >= 11 is 0. The molecule has 0 aromatic carbocycles. The highest BCUT2D eigenvalue weighted by molar-refractivity contribution is 7.81. The minimum Gasteiger partial charge on any atom is -0.462 e. The molecule has 0 bridgehead atoms. The summed E-state index contributed by atoms with van der Waals surface area (Å²) in [7, 11) is -9.40. The highest BCUT2D eigenvalue weighted by Gasteiger charge is 2.63. The second-order valence-electron chi connectivity index (χ2n) is 14.4. The van der Waals surface area contributed by atoms with Gasteiger partial charge < -0.3 is 4.74 Å². The molecule has 0 aromatic rings. The number of carbonyl (C=O) groups excluding carboxylic acids is 1. The minimum atomic E-state index is -4.75. The maximum Gasteiger partial charge on any atom is 0.397 e. The van der Waals surface area contributed by atoms with Gasteiger partial charge in [-0.05, 0) is 116 Å². The van der Waals surface area contributed by atoms with Crippen LogP contribution in [0, 0.1) is 52.3 Å². The largest absolute Gasteiger partial charge is 0.462 e. The first-order chi connectivity index (χ1) is 18.8. The molecule has 0 heterocycles. The van der Waals surface area contributed by atoms with E-state index in [1.165, 1.54) is 6.92 Å². The molecule has 41 heavy (non-hydrogen) atoms. The van der Waals surface area contributed by atoms with Crippen LogP contribution in [0.1, 0.15) is 106 Å². The van der Waals surface area contributed by atoms with Crippen LogP contribution in [0.3, 0.4) is 0 Å². The van der Waals surface area contributed by atoms with Crippen LogP contribution in [-0.4, -0.2) is 50.2 Å². The van der Waals surface area contributed by atoms with Crippen LogP contribution in [0.5, 0.6) is 0 Å². The zero-order valence-corrected chi connectivity index (χ0v) is 27.0. The number of hydrogen-bond donors (Lipinski definition) is 2. The third kappa shape index (κ3) is 7.14. The Bertz CT molecular complexity index is 1170. The van der Waals surface area contributed by atoms with Gasteiger partial charge in [-0.15, -0.1) is 0 Å². The molecule has 4 aliphatic carbocycles. The minimum absolute atomic E-state index is 0.00602. The first kappa shape index (κ1) is 33.1. The van der Waals surface area contributed by atoms with Gasteiger partial charge in [0, 0.05) is 6.92 Å². The van der Waals surface area contributed by atoms with Crippen molar-refractivity contribution < 1.29 is 43.8 Å². The fourth-order valence-electron chi connectivity index (χ4n) is 10.1. The molecule has 238 valence electrons. The first-order valence-corrected chi connectivity index (χ1v) is 18.1. The van der Waals surface area contributed by atoms with Gasteiger partial charge in [0.05, 0.1) is 12.2 Å². The Labute approximate surface area is 246 Å². The molecule has 4 rings (SSSR count). The van der Waals surface area contributed by atoms with Gasteiger partial charge >= 0.3 is 26.8 Å². The average Bonchev–Trinajstić information content (AvgIpc) is 3.17. The van der Waals surface area contributed by atoms with Gasteiger partial charge in [0.25, 0.3) is 0 Å². The summed E-state index contributed by atoms with van der Waals surface area (Å²) in [4.78, 5) is 12.0. The predicted molar refractivity (Wildman–Crippen MR) is 152 cm³/mol. The molecule has 0 spiro atoms. The number of carbonyl (C=O) groups is 1. The second-order valence-corrected chi connectivity index (χ2v) is 16.5. The van der Waals surface area contributed by atoms with Crippen LogP contribution in [0.15, 0.2) is 0 Å². The number of fused-ring (bicyclic) bond motifs is 5. The first-order valence-electron chi connectivity index (χ1n) is 15.3. The van der Waals surface area contributed by atoms with Crippen LogP contribution in [-0.2, 0) is 38.7 Å². The van der Waals surface area contributed by atoms with E-state index in [0.29, 0.717) is 37.0 Å². The predicted octanol–water partition coefficient (Wildman–Crippen LogP) is 5.64. The summed E-state index contributed by atoms with van der Waals surface area (Å²) in [6.07, 6.45) is 5.77. The van der Waals surface area contributed by atoms with Crippen molar-refractivity contribution in [2.75, 3.05) is 0 Å². The molecule has 10 nitrogen and oxygen atoms in total. The maximum atomic E-state index is 12.0. The van der Waals surface area contributed by atoms with E-state index in [1.807, 2.05) is 0 Å². The highest BCUT2D eigenvalue weighted by Crippen LogP contribution is 2.69. The van der Waals surface area contributed by atoms with Crippen molar-refractivity contribution in [1.82, 2.24) is 0 Å². The fourth-order valence-corrected chi connectivity index (χ4v) is 11.1. The van der Waals surface area contributed by atoms with E-state index in [4.69, 9.17) is 13.1 Å². The molecule has 11 atom stereocenters. The Hall–Kier alpha value is -0.790. The summed E-state index contributed by atoms with van der Waals surface area (Å²) in [5.41, 5.74) is -0.339. The zero-order chi connectivity index (χ0) is 30.5. The standard InChI is InChI=1S/C29H50O10S2/c1-17(2)7-10-26(37-19(4)30)18(3)22-8-9-23-21-16-27(39-41(34,35)36)25-15-20(38-40(31,32)33)11-13-29(25,6)24(21)12-14-28(22,23)5/h17-18,20-27H,7-16H2,1-6H3,(H,31,32,33)(H,34,35,36)/t18-,20-,21-,22+,23-,24-,25+,26+,27-,28+,29+/m0/s1. The van der Waals surface area contributed by atoms with Gasteiger partial charge in [-0.1, -0.05) is 34.6 Å². The van der Waals surface area contributed by atoms with Crippen molar-refractivity contribution in [3.05, 3.63) is 0 Å². The lowest BCUT2D eigenvalue weighted by molar-refractivity contribution is -0.168. The molecule has 0 aliphatic heterocycles. The number of hydrogen-bond acceptors (Lipinski definition) is 8. The second kappa shape index (κ2) is 12.0. The van der Waals surface area contributed by atoms with Gasteiger partial charge in [0.1, 0.15) is 6.10 Å². The monoisotopic (exact) mass is 622 g/mol. The average molecular weight is 623 g/mol. The zero-order valence-electron chi connectivity index (χ0n) is 25.3. The quantitative estimate of drug-likeness (QED) is 0.231. The summed E-state index contributed by atoms with van der Waals surface area (Å²) < 4.78 is 82.0. The molecule has 2 N–H and O–H groups in total. The van der Waals surface area contributed by atoms with Crippen molar-refractivity contribution >= 4 is 26.8 Å². The summed E-state index contributed by atoms with van der Waals surface area (Å²) in [5, 5.41) is 0. The maximum absolute atomic E-state index is 12.0. The van der Waals surface area contributed by atoms with Crippen molar-refractivity contribution in [2.24, 2.45) is 52.3 Å². The lowest BCUT2D eigenvalue weighted by Crippen LogP contribution is -2.59. The van der Waals surface area contributed by atoms with Crippen molar-refractivity contribution in [3.63, 3.8) is 0 Å². The molecule has 12 heteroatoms. The number of rotatable bonds is 10. The Morgan fingerprint density at radius 3 is 2.02 bits per heavy atom. The normalized spacial score (nSPS) is 40.8. The molecule has 4 aliphatic rings. The smallest absolute Gasteiger partial charge is 0.397 e. The van der Waals surface area contributed by atoms with Gasteiger partial charge in [-0.3, -0.25) is 13.9 Å². The summed E-state index contributed by atoms with van der Waals surface area (Å²) in [6, 6.07) is 0. The molecule has 0 unspecified atom stereocenters.